The third kappa shape index (κ3) is 2.55. The maximum atomic E-state index is 5.13. The van der Waals surface area contributed by atoms with E-state index in [2.05, 4.69) is 38.9 Å². The van der Waals surface area contributed by atoms with Crippen molar-refractivity contribution in [3.63, 3.8) is 0 Å². The summed E-state index contributed by atoms with van der Waals surface area (Å²) in [5.74, 6) is 1.81. The van der Waals surface area contributed by atoms with Crippen LogP contribution in [-0.2, 0) is 7.05 Å². The number of hydrogen-bond donors (Lipinski definition) is 0. The molecule has 0 N–H and O–H groups in total. The Morgan fingerprint density at radius 1 is 1.03 bits per heavy atom. The van der Waals surface area contributed by atoms with Crippen LogP contribution in [0.15, 0.2) is 48.9 Å². The highest BCUT2D eigenvalue weighted by molar-refractivity contribution is 5.80. The van der Waals surface area contributed by atoms with Crippen LogP contribution < -0.4 is 0 Å². The summed E-state index contributed by atoms with van der Waals surface area (Å²) in [5.41, 5.74) is 7.21. The second kappa shape index (κ2) is 6.11. The first-order valence-electron chi connectivity index (χ1n) is 10.2. The van der Waals surface area contributed by atoms with Crippen LogP contribution in [0.2, 0.25) is 0 Å². The molecule has 0 unspecified atom stereocenters. The Balaban J connectivity index is 1.57. The van der Waals surface area contributed by atoms with Gasteiger partial charge in [-0.3, -0.25) is 14.6 Å². The average Bonchev–Trinajstić information content (AvgIpc) is 3.49. The van der Waals surface area contributed by atoms with Crippen molar-refractivity contribution in [1.29, 1.82) is 0 Å². The predicted octanol–water partition coefficient (Wildman–Crippen LogP) is 4.54. The molecule has 1 fully saturated rings. The van der Waals surface area contributed by atoms with Crippen LogP contribution in [-0.4, -0.2) is 29.3 Å². The number of nitrogens with zero attached hydrogens (tertiary/aromatic N) is 6. The zero-order valence-electron chi connectivity index (χ0n) is 16.6. The molecule has 0 aromatic carbocycles. The van der Waals surface area contributed by atoms with E-state index >= 15 is 0 Å². The molecule has 0 amide bonds. The monoisotopic (exact) mass is 382 g/mol. The van der Waals surface area contributed by atoms with Crippen LogP contribution in [0.5, 0.6) is 0 Å². The smallest absolute Gasteiger partial charge is 0.115 e. The fraction of sp³-hybridized carbons (Fsp3) is 0.304. The van der Waals surface area contributed by atoms with Gasteiger partial charge < -0.3 is 4.57 Å². The van der Waals surface area contributed by atoms with Gasteiger partial charge in [0.2, 0.25) is 0 Å². The summed E-state index contributed by atoms with van der Waals surface area (Å²) >= 11 is 0. The standard InChI is InChI=1S/C23H22N6/c1-14-4-3-5-19(26-14)21-22(29-18-7-6-16(10-18)23(29)27-21)15-8-9-24-20(11-15)17-12-25-28(2)13-17/h3-5,8-9,11-13,16,18H,6-7,10H2,1-2H3/t16-,18-/m0/s1. The van der Waals surface area contributed by atoms with Crippen LogP contribution in [0.4, 0.5) is 0 Å². The highest BCUT2D eigenvalue weighted by Gasteiger charge is 2.41. The first kappa shape index (κ1) is 16.7. The van der Waals surface area contributed by atoms with E-state index in [0.717, 1.165) is 33.9 Å². The van der Waals surface area contributed by atoms with Crippen LogP contribution in [0.3, 0.4) is 0 Å². The van der Waals surface area contributed by atoms with E-state index in [9.17, 15) is 0 Å². The van der Waals surface area contributed by atoms with E-state index in [1.54, 1.807) is 4.68 Å². The third-order valence-electron chi connectivity index (χ3n) is 6.24. The van der Waals surface area contributed by atoms with Crippen molar-refractivity contribution >= 4 is 0 Å². The maximum Gasteiger partial charge on any atom is 0.115 e. The van der Waals surface area contributed by atoms with Crippen molar-refractivity contribution in [3.05, 3.63) is 60.4 Å². The van der Waals surface area contributed by atoms with Gasteiger partial charge in [-0.15, -0.1) is 0 Å². The Kier molecular flexibility index (Phi) is 3.51. The van der Waals surface area contributed by atoms with Gasteiger partial charge in [0.05, 0.1) is 23.3 Å². The maximum absolute atomic E-state index is 5.13. The summed E-state index contributed by atoms with van der Waals surface area (Å²) < 4.78 is 4.29. The van der Waals surface area contributed by atoms with Crippen LogP contribution in [0.25, 0.3) is 33.9 Å². The second-order valence-corrected chi connectivity index (χ2v) is 8.20. The van der Waals surface area contributed by atoms with Crippen molar-refractivity contribution in [2.24, 2.45) is 7.05 Å². The van der Waals surface area contributed by atoms with E-state index in [0.29, 0.717) is 12.0 Å². The van der Waals surface area contributed by atoms with Gasteiger partial charge in [0.1, 0.15) is 11.5 Å². The molecule has 1 aliphatic carbocycles. The Bertz CT molecular complexity index is 1230. The minimum absolute atomic E-state index is 0.547. The van der Waals surface area contributed by atoms with Gasteiger partial charge in [-0.2, -0.15) is 5.10 Å². The molecule has 5 heterocycles. The molecule has 29 heavy (non-hydrogen) atoms. The topological polar surface area (TPSA) is 61.4 Å². The Labute approximate surface area is 169 Å². The third-order valence-corrected chi connectivity index (χ3v) is 6.24. The van der Waals surface area contributed by atoms with E-state index in [1.165, 1.54) is 30.8 Å². The first-order valence-corrected chi connectivity index (χ1v) is 10.2. The van der Waals surface area contributed by atoms with Crippen molar-refractivity contribution in [3.8, 4) is 33.9 Å². The lowest BCUT2D eigenvalue weighted by molar-refractivity contribution is 0.530. The van der Waals surface area contributed by atoms with Gasteiger partial charge in [-0.1, -0.05) is 6.07 Å². The molecule has 0 saturated heterocycles. The number of imidazole rings is 1. The summed E-state index contributed by atoms with van der Waals surface area (Å²) in [4.78, 5) is 14.5. The Hall–Kier alpha value is -3.28. The molecular formula is C23H22N6. The summed E-state index contributed by atoms with van der Waals surface area (Å²) in [7, 11) is 1.93. The van der Waals surface area contributed by atoms with Gasteiger partial charge in [0.25, 0.3) is 0 Å². The molecule has 1 aliphatic heterocycles. The van der Waals surface area contributed by atoms with Crippen molar-refractivity contribution in [2.45, 2.75) is 38.1 Å². The molecule has 2 atom stereocenters. The van der Waals surface area contributed by atoms with E-state index < -0.39 is 0 Å². The van der Waals surface area contributed by atoms with E-state index in [1.807, 2.05) is 38.6 Å². The van der Waals surface area contributed by atoms with E-state index in [-0.39, 0.29) is 0 Å². The van der Waals surface area contributed by atoms with E-state index in [4.69, 9.17) is 9.97 Å². The molecule has 4 aromatic heterocycles. The lowest BCUT2D eigenvalue weighted by Gasteiger charge is -2.17. The number of fused-ring (bicyclic) bond motifs is 5. The Morgan fingerprint density at radius 3 is 2.79 bits per heavy atom. The van der Waals surface area contributed by atoms with Crippen LogP contribution in [0.1, 0.15) is 42.7 Å². The summed E-state index contributed by atoms with van der Waals surface area (Å²) in [5, 5.41) is 4.30. The Morgan fingerprint density at radius 2 is 1.97 bits per heavy atom. The van der Waals surface area contributed by atoms with Crippen molar-refractivity contribution < 1.29 is 0 Å². The lowest BCUT2D eigenvalue weighted by Crippen LogP contribution is -2.08. The van der Waals surface area contributed by atoms with Gasteiger partial charge in [-0.05, 0) is 50.5 Å². The van der Waals surface area contributed by atoms with Gasteiger partial charge in [0, 0.05) is 48.2 Å². The molecular weight excluding hydrogens is 360 g/mol. The molecule has 6 nitrogen and oxygen atoms in total. The number of aromatic nitrogens is 6. The molecule has 0 spiro atoms. The van der Waals surface area contributed by atoms with Gasteiger partial charge >= 0.3 is 0 Å². The van der Waals surface area contributed by atoms with Crippen molar-refractivity contribution in [1.82, 2.24) is 29.3 Å². The highest BCUT2D eigenvalue weighted by Crippen LogP contribution is 2.52. The molecule has 2 bridgehead atoms. The van der Waals surface area contributed by atoms with Gasteiger partial charge in [0.15, 0.2) is 0 Å². The highest BCUT2D eigenvalue weighted by atomic mass is 15.2. The summed E-state index contributed by atoms with van der Waals surface area (Å²) in [6.45, 7) is 2.03. The molecule has 1 saturated carbocycles. The number of rotatable bonds is 3. The van der Waals surface area contributed by atoms with Crippen molar-refractivity contribution in [2.75, 3.05) is 0 Å². The minimum atomic E-state index is 0.547. The summed E-state index contributed by atoms with van der Waals surface area (Å²) in [6, 6.07) is 11.0. The minimum Gasteiger partial charge on any atom is -0.324 e. The first-order chi connectivity index (χ1) is 14.2. The number of pyridine rings is 2. The fourth-order valence-corrected chi connectivity index (χ4v) is 4.95. The quantitative estimate of drug-likeness (QED) is 0.522. The summed E-state index contributed by atoms with van der Waals surface area (Å²) in [6.07, 6.45) is 9.45. The number of aryl methyl sites for hydroxylation is 2. The second-order valence-electron chi connectivity index (χ2n) is 8.20. The molecule has 0 radical (unpaired) electrons. The number of hydrogen-bond acceptors (Lipinski definition) is 4. The SMILES string of the molecule is Cc1cccc(-c2nc3n(c2-c2ccnc(-c4cnn(C)c4)c2)[C@H]2CC[C@H]3C2)n1. The predicted molar refractivity (Wildman–Crippen MR) is 111 cm³/mol. The van der Waals surface area contributed by atoms with Crippen LogP contribution in [0, 0.1) is 6.92 Å². The van der Waals surface area contributed by atoms with Gasteiger partial charge in [-0.25, -0.2) is 4.98 Å². The molecule has 2 aliphatic rings. The fourth-order valence-electron chi connectivity index (χ4n) is 4.95. The average molecular weight is 382 g/mol. The molecule has 144 valence electrons. The largest absolute Gasteiger partial charge is 0.324 e. The molecule has 6 rings (SSSR count). The lowest BCUT2D eigenvalue weighted by atomic mass is 10.1. The zero-order valence-corrected chi connectivity index (χ0v) is 16.6. The zero-order chi connectivity index (χ0) is 19.5. The van der Waals surface area contributed by atoms with Crippen LogP contribution >= 0.6 is 0 Å². The normalized spacial score (nSPS) is 19.7. The molecule has 4 aromatic rings. The molecule has 6 heteroatoms.